The van der Waals surface area contributed by atoms with Crippen LogP contribution < -0.4 is 0 Å². The fraction of sp³-hybridized carbons (Fsp3) is 0.533. The zero-order valence-corrected chi connectivity index (χ0v) is 10.8. The van der Waals surface area contributed by atoms with Crippen LogP contribution in [-0.4, -0.2) is 12.3 Å². The highest BCUT2D eigenvalue weighted by Crippen LogP contribution is 2.27. The average molecular weight is 215 g/mol. The van der Waals surface area contributed by atoms with E-state index in [1.54, 1.807) is 0 Å². The van der Waals surface area contributed by atoms with Gasteiger partial charge in [0.05, 0.1) is 0 Å². The Morgan fingerprint density at radius 1 is 1.19 bits per heavy atom. The Hall–Kier alpha value is -1.11. The van der Waals surface area contributed by atoms with Gasteiger partial charge in [0.15, 0.2) is 0 Å². The SMILES string of the molecule is Cc1cc(C2=NCCC2)ccc1C(C)(C)C. The topological polar surface area (TPSA) is 12.4 Å². The first kappa shape index (κ1) is 11.4. The van der Waals surface area contributed by atoms with E-state index < -0.39 is 0 Å². The fourth-order valence-electron chi connectivity index (χ4n) is 2.46. The fourth-order valence-corrected chi connectivity index (χ4v) is 2.46. The first-order valence-corrected chi connectivity index (χ1v) is 6.13. The van der Waals surface area contributed by atoms with Crippen molar-refractivity contribution in [3.8, 4) is 0 Å². The Morgan fingerprint density at radius 3 is 2.44 bits per heavy atom. The molecule has 0 spiro atoms. The van der Waals surface area contributed by atoms with Crippen LogP contribution in [0.2, 0.25) is 0 Å². The third kappa shape index (κ3) is 2.18. The zero-order valence-electron chi connectivity index (χ0n) is 10.8. The zero-order chi connectivity index (χ0) is 11.8. The van der Waals surface area contributed by atoms with E-state index in [1.807, 2.05) is 0 Å². The molecule has 0 aromatic heterocycles. The highest BCUT2D eigenvalue weighted by atomic mass is 14.8. The normalized spacial score (nSPS) is 16.4. The van der Waals surface area contributed by atoms with Crippen molar-refractivity contribution in [2.75, 3.05) is 6.54 Å². The molecule has 0 aliphatic carbocycles. The Balaban J connectivity index is 2.36. The second-order valence-corrected chi connectivity index (χ2v) is 5.71. The molecule has 2 rings (SSSR count). The van der Waals surface area contributed by atoms with E-state index in [9.17, 15) is 0 Å². The van der Waals surface area contributed by atoms with Crippen molar-refractivity contribution in [3.63, 3.8) is 0 Å². The highest BCUT2D eigenvalue weighted by molar-refractivity contribution is 6.01. The molecule has 0 saturated carbocycles. The summed E-state index contributed by atoms with van der Waals surface area (Å²) < 4.78 is 0. The molecule has 1 heterocycles. The van der Waals surface area contributed by atoms with Crippen molar-refractivity contribution in [1.82, 2.24) is 0 Å². The van der Waals surface area contributed by atoms with Crippen molar-refractivity contribution < 1.29 is 0 Å². The third-order valence-corrected chi connectivity index (χ3v) is 3.24. The molecular weight excluding hydrogens is 194 g/mol. The molecule has 0 saturated heterocycles. The minimum Gasteiger partial charge on any atom is -0.289 e. The molecule has 0 N–H and O–H groups in total. The predicted octanol–water partition coefficient (Wildman–Crippen LogP) is 3.88. The smallest absolute Gasteiger partial charge is 0.0421 e. The summed E-state index contributed by atoms with van der Waals surface area (Å²) in [6.07, 6.45) is 2.36. The first-order chi connectivity index (χ1) is 7.48. The van der Waals surface area contributed by atoms with Gasteiger partial charge in [0.2, 0.25) is 0 Å². The minimum absolute atomic E-state index is 0.236. The molecule has 1 aliphatic heterocycles. The lowest BCUT2D eigenvalue weighted by molar-refractivity contribution is 0.586. The molecule has 0 bridgehead atoms. The van der Waals surface area contributed by atoms with Crippen LogP contribution in [0.15, 0.2) is 23.2 Å². The van der Waals surface area contributed by atoms with E-state index >= 15 is 0 Å². The van der Waals surface area contributed by atoms with Crippen LogP contribution in [-0.2, 0) is 5.41 Å². The van der Waals surface area contributed by atoms with Crippen LogP contribution in [0.1, 0.15) is 50.3 Å². The second-order valence-electron chi connectivity index (χ2n) is 5.71. The molecule has 0 amide bonds. The lowest BCUT2D eigenvalue weighted by Crippen LogP contribution is -2.13. The van der Waals surface area contributed by atoms with Gasteiger partial charge in [-0.3, -0.25) is 4.99 Å². The van der Waals surface area contributed by atoms with E-state index in [2.05, 4.69) is 50.9 Å². The predicted molar refractivity (Wildman–Crippen MR) is 70.5 cm³/mol. The monoisotopic (exact) mass is 215 g/mol. The number of hydrogen-bond acceptors (Lipinski definition) is 1. The van der Waals surface area contributed by atoms with E-state index in [0.717, 1.165) is 13.0 Å². The molecule has 1 heteroatoms. The average Bonchev–Trinajstić information content (AvgIpc) is 2.68. The molecule has 0 fully saturated rings. The molecule has 1 aromatic carbocycles. The number of hydrogen-bond donors (Lipinski definition) is 0. The maximum atomic E-state index is 4.56. The summed E-state index contributed by atoms with van der Waals surface area (Å²) >= 11 is 0. The largest absolute Gasteiger partial charge is 0.289 e. The molecular formula is C15H21N. The van der Waals surface area contributed by atoms with E-state index in [0.29, 0.717) is 0 Å². The molecule has 1 aromatic rings. The highest BCUT2D eigenvalue weighted by Gasteiger charge is 2.17. The van der Waals surface area contributed by atoms with Crippen LogP contribution in [0.4, 0.5) is 0 Å². The quantitative estimate of drug-likeness (QED) is 0.674. The van der Waals surface area contributed by atoms with Crippen molar-refractivity contribution >= 4 is 5.71 Å². The number of nitrogens with zero attached hydrogens (tertiary/aromatic N) is 1. The summed E-state index contributed by atoms with van der Waals surface area (Å²) in [4.78, 5) is 4.56. The number of aryl methyl sites for hydroxylation is 1. The first-order valence-electron chi connectivity index (χ1n) is 6.13. The summed E-state index contributed by atoms with van der Waals surface area (Å²) in [5, 5.41) is 0. The molecule has 0 unspecified atom stereocenters. The molecule has 1 nitrogen and oxygen atoms in total. The molecule has 16 heavy (non-hydrogen) atoms. The summed E-state index contributed by atoms with van der Waals surface area (Å²) in [6.45, 7) is 10.0. The Bertz CT molecular complexity index is 422. The van der Waals surface area contributed by atoms with Gasteiger partial charge in [-0.2, -0.15) is 0 Å². The lowest BCUT2D eigenvalue weighted by atomic mass is 9.83. The molecule has 0 atom stereocenters. The standard InChI is InChI=1S/C15H21N/c1-11-10-12(14-6-5-9-16-14)7-8-13(11)15(2,3)4/h7-8,10H,5-6,9H2,1-4H3. The van der Waals surface area contributed by atoms with Gasteiger partial charge in [-0.1, -0.05) is 32.9 Å². The van der Waals surface area contributed by atoms with E-state index in [-0.39, 0.29) is 5.41 Å². The van der Waals surface area contributed by atoms with Crippen molar-refractivity contribution in [2.24, 2.45) is 4.99 Å². The molecule has 0 radical (unpaired) electrons. The Kier molecular flexibility index (Phi) is 2.88. The van der Waals surface area contributed by atoms with Crippen LogP contribution in [0.3, 0.4) is 0 Å². The van der Waals surface area contributed by atoms with Gasteiger partial charge >= 0.3 is 0 Å². The number of aliphatic imine (C=N–C) groups is 1. The third-order valence-electron chi connectivity index (χ3n) is 3.24. The van der Waals surface area contributed by atoms with Crippen molar-refractivity contribution in [1.29, 1.82) is 0 Å². The van der Waals surface area contributed by atoms with Gasteiger partial charge in [0.1, 0.15) is 0 Å². The van der Waals surface area contributed by atoms with Gasteiger partial charge < -0.3 is 0 Å². The van der Waals surface area contributed by atoms with E-state index in [1.165, 1.54) is 28.8 Å². The van der Waals surface area contributed by atoms with Gasteiger partial charge in [-0.25, -0.2) is 0 Å². The summed E-state index contributed by atoms with van der Waals surface area (Å²) in [7, 11) is 0. The second kappa shape index (κ2) is 4.04. The number of benzene rings is 1. The summed E-state index contributed by atoms with van der Waals surface area (Å²) in [6, 6.07) is 6.80. The lowest BCUT2D eigenvalue weighted by Gasteiger charge is -2.22. The van der Waals surface area contributed by atoms with E-state index in [4.69, 9.17) is 0 Å². The molecule has 86 valence electrons. The maximum absolute atomic E-state index is 4.56. The van der Waals surface area contributed by atoms with Gasteiger partial charge in [0.25, 0.3) is 0 Å². The number of rotatable bonds is 1. The van der Waals surface area contributed by atoms with Gasteiger partial charge in [0, 0.05) is 12.3 Å². The van der Waals surface area contributed by atoms with Gasteiger partial charge in [-0.05, 0) is 47.9 Å². The molecule has 1 aliphatic rings. The van der Waals surface area contributed by atoms with Crippen molar-refractivity contribution in [2.45, 2.75) is 46.0 Å². The van der Waals surface area contributed by atoms with Crippen LogP contribution in [0.25, 0.3) is 0 Å². The van der Waals surface area contributed by atoms with Crippen LogP contribution in [0.5, 0.6) is 0 Å². The minimum atomic E-state index is 0.236. The summed E-state index contributed by atoms with van der Waals surface area (Å²) in [5.74, 6) is 0. The van der Waals surface area contributed by atoms with Gasteiger partial charge in [-0.15, -0.1) is 0 Å². The van der Waals surface area contributed by atoms with Crippen molar-refractivity contribution in [3.05, 3.63) is 34.9 Å². The van der Waals surface area contributed by atoms with Crippen LogP contribution >= 0.6 is 0 Å². The van der Waals surface area contributed by atoms with Crippen LogP contribution in [0, 0.1) is 6.92 Å². The summed E-state index contributed by atoms with van der Waals surface area (Å²) in [5.41, 5.74) is 5.68. The maximum Gasteiger partial charge on any atom is 0.0421 e. The Labute approximate surface area is 98.6 Å². The Morgan fingerprint density at radius 2 is 1.94 bits per heavy atom.